The summed E-state index contributed by atoms with van der Waals surface area (Å²) in [6.07, 6.45) is 6.29. The number of thiophene rings is 1. The van der Waals surface area contributed by atoms with E-state index < -0.39 is 0 Å². The lowest BCUT2D eigenvalue weighted by molar-refractivity contribution is 0.0704. The Balaban J connectivity index is 1.97. The number of amides is 1. The minimum absolute atomic E-state index is 0.0694. The second kappa shape index (κ2) is 5.40. The lowest BCUT2D eigenvalue weighted by atomic mass is 10.1. The molecule has 5 heteroatoms. The molecule has 1 amide bonds. The van der Waals surface area contributed by atoms with Crippen molar-refractivity contribution < 1.29 is 4.79 Å². The zero-order valence-electron chi connectivity index (χ0n) is 11.6. The molecule has 2 aromatic heterocycles. The van der Waals surface area contributed by atoms with Crippen LogP contribution in [-0.2, 0) is 0 Å². The third-order valence-corrected chi connectivity index (χ3v) is 5.14. The van der Waals surface area contributed by atoms with Crippen molar-refractivity contribution in [3.05, 3.63) is 23.2 Å². The molecule has 1 aliphatic heterocycles. The van der Waals surface area contributed by atoms with Gasteiger partial charge in [-0.05, 0) is 31.9 Å². The Kier molecular flexibility index (Phi) is 3.61. The Bertz CT molecular complexity index is 637. The number of carbonyl (C=O) groups is 1. The monoisotopic (exact) mass is 289 g/mol. The molecule has 0 spiro atoms. The number of hydrogen-bond donors (Lipinski definition) is 1. The molecule has 1 saturated heterocycles. The van der Waals surface area contributed by atoms with Gasteiger partial charge in [0.15, 0.2) is 0 Å². The van der Waals surface area contributed by atoms with Crippen LogP contribution in [0.5, 0.6) is 0 Å². The zero-order chi connectivity index (χ0) is 14.1. The van der Waals surface area contributed by atoms with Gasteiger partial charge in [-0.25, -0.2) is 0 Å². The number of nitrogens with zero attached hydrogens (tertiary/aromatic N) is 2. The fraction of sp³-hybridized carbons (Fsp3) is 0.467. The molecule has 2 aromatic rings. The van der Waals surface area contributed by atoms with Crippen molar-refractivity contribution in [2.75, 3.05) is 12.3 Å². The van der Waals surface area contributed by atoms with Crippen molar-refractivity contribution in [2.45, 2.75) is 38.6 Å². The van der Waals surface area contributed by atoms with E-state index >= 15 is 0 Å². The predicted molar refractivity (Wildman–Crippen MR) is 83.0 cm³/mol. The average Bonchev–Trinajstić information content (AvgIpc) is 2.64. The first-order valence-corrected chi connectivity index (χ1v) is 7.94. The number of hydrogen-bond acceptors (Lipinski definition) is 4. The molecule has 1 atom stereocenters. The molecule has 0 bridgehead atoms. The molecule has 4 nitrogen and oxygen atoms in total. The molecule has 20 heavy (non-hydrogen) atoms. The molecule has 3 rings (SSSR count). The number of fused-ring (bicyclic) bond motifs is 1. The summed E-state index contributed by atoms with van der Waals surface area (Å²) in [6, 6.07) is 4.13. The number of carbonyl (C=O) groups excluding carboxylic acids is 1. The van der Waals surface area contributed by atoms with Crippen molar-refractivity contribution in [1.82, 2.24) is 9.88 Å². The van der Waals surface area contributed by atoms with Crippen LogP contribution in [0.3, 0.4) is 0 Å². The highest BCUT2D eigenvalue weighted by atomic mass is 32.1. The van der Waals surface area contributed by atoms with Crippen molar-refractivity contribution >= 4 is 33.1 Å². The van der Waals surface area contributed by atoms with Gasteiger partial charge >= 0.3 is 0 Å². The minimum atomic E-state index is 0.0694. The lowest BCUT2D eigenvalue weighted by Gasteiger charge is -2.26. The van der Waals surface area contributed by atoms with Gasteiger partial charge in [-0.2, -0.15) is 0 Å². The zero-order valence-corrected chi connectivity index (χ0v) is 12.4. The van der Waals surface area contributed by atoms with Crippen molar-refractivity contribution in [2.24, 2.45) is 0 Å². The van der Waals surface area contributed by atoms with Crippen LogP contribution in [0.1, 0.15) is 42.3 Å². The van der Waals surface area contributed by atoms with Crippen LogP contribution < -0.4 is 5.73 Å². The summed E-state index contributed by atoms with van der Waals surface area (Å²) in [5.74, 6) is 0.0694. The first-order chi connectivity index (χ1) is 9.68. The summed E-state index contributed by atoms with van der Waals surface area (Å²) < 4.78 is 0.982. The SMILES string of the molecule is CC1CCCCCN1C(=O)c1sc2cccnc2c1N. The fourth-order valence-electron chi connectivity index (χ4n) is 2.81. The number of anilines is 1. The van der Waals surface area contributed by atoms with Gasteiger partial charge < -0.3 is 10.6 Å². The Morgan fingerprint density at radius 3 is 3.10 bits per heavy atom. The number of nitrogen functional groups attached to an aromatic ring is 1. The van der Waals surface area contributed by atoms with Gasteiger partial charge in [-0.15, -0.1) is 11.3 Å². The van der Waals surface area contributed by atoms with Gasteiger partial charge in [0.05, 0.1) is 10.4 Å². The minimum Gasteiger partial charge on any atom is -0.396 e. The Morgan fingerprint density at radius 2 is 2.30 bits per heavy atom. The number of nitrogens with two attached hydrogens (primary N) is 1. The first kappa shape index (κ1) is 13.4. The van der Waals surface area contributed by atoms with Gasteiger partial charge in [0.1, 0.15) is 10.4 Å². The largest absolute Gasteiger partial charge is 0.396 e. The normalized spacial score (nSPS) is 20.1. The second-order valence-electron chi connectivity index (χ2n) is 5.39. The molecule has 1 aliphatic rings. The highest BCUT2D eigenvalue weighted by molar-refractivity contribution is 7.21. The lowest BCUT2D eigenvalue weighted by Crippen LogP contribution is -2.38. The molecule has 2 N–H and O–H groups in total. The van der Waals surface area contributed by atoms with Crippen molar-refractivity contribution in [3.63, 3.8) is 0 Å². The van der Waals surface area contributed by atoms with Crippen LogP contribution in [0.2, 0.25) is 0 Å². The molecular formula is C15H19N3OS. The fourth-order valence-corrected chi connectivity index (χ4v) is 3.85. The molecule has 1 unspecified atom stereocenters. The van der Waals surface area contributed by atoms with Crippen molar-refractivity contribution in [3.8, 4) is 0 Å². The Morgan fingerprint density at radius 1 is 1.45 bits per heavy atom. The van der Waals surface area contributed by atoms with E-state index in [2.05, 4.69) is 11.9 Å². The first-order valence-electron chi connectivity index (χ1n) is 7.12. The third kappa shape index (κ3) is 2.26. The smallest absolute Gasteiger partial charge is 0.266 e. The Labute approximate surface area is 122 Å². The molecule has 0 aromatic carbocycles. The number of pyridine rings is 1. The summed E-state index contributed by atoms with van der Waals surface area (Å²) in [5, 5.41) is 0. The number of aromatic nitrogens is 1. The molecule has 3 heterocycles. The molecule has 0 saturated carbocycles. The molecule has 1 fully saturated rings. The Hall–Kier alpha value is -1.62. The third-order valence-electron chi connectivity index (χ3n) is 3.99. The van der Waals surface area contributed by atoms with Gasteiger partial charge in [-0.3, -0.25) is 9.78 Å². The summed E-state index contributed by atoms with van der Waals surface area (Å²) in [6.45, 7) is 2.96. The van der Waals surface area contributed by atoms with Gasteiger partial charge in [0, 0.05) is 18.8 Å². The van der Waals surface area contributed by atoms with Crippen LogP contribution in [-0.4, -0.2) is 28.4 Å². The van der Waals surface area contributed by atoms with Gasteiger partial charge in [0.2, 0.25) is 0 Å². The van der Waals surface area contributed by atoms with Crippen LogP contribution >= 0.6 is 11.3 Å². The number of rotatable bonds is 1. The maximum absolute atomic E-state index is 12.8. The molecule has 0 radical (unpaired) electrons. The molecule has 106 valence electrons. The summed E-state index contributed by atoms with van der Waals surface area (Å²) in [7, 11) is 0. The predicted octanol–water partition coefficient (Wildman–Crippen LogP) is 3.28. The average molecular weight is 289 g/mol. The van der Waals surface area contributed by atoms with Crippen molar-refractivity contribution in [1.29, 1.82) is 0 Å². The summed E-state index contributed by atoms with van der Waals surface area (Å²) in [4.78, 5) is 19.7. The van der Waals surface area contributed by atoms with E-state index in [1.807, 2.05) is 17.0 Å². The summed E-state index contributed by atoms with van der Waals surface area (Å²) in [5.41, 5.74) is 7.42. The van der Waals surface area contributed by atoms with E-state index in [0.29, 0.717) is 16.6 Å². The van der Waals surface area contributed by atoms with Crippen LogP contribution in [0.15, 0.2) is 18.3 Å². The van der Waals surface area contributed by atoms with E-state index in [1.54, 1.807) is 6.20 Å². The number of likely N-dealkylation sites (tertiary alicyclic amines) is 1. The van der Waals surface area contributed by atoms with E-state index in [1.165, 1.54) is 24.2 Å². The standard InChI is InChI=1S/C15H19N3OS/c1-10-6-3-2-4-9-18(10)15(19)14-12(16)13-11(20-14)7-5-8-17-13/h5,7-8,10H,2-4,6,9,16H2,1H3. The van der Waals surface area contributed by atoms with E-state index in [-0.39, 0.29) is 5.91 Å². The van der Waals surface area contributed by atoms with Gasteiger partial charge in [-0.1, -0.05) is 12.8 Å². The molecule has 0 aliphatic carbocycles. The summed E-state index contributed by atoms with van der Waals surface area (Å²) >= 11 is 1.46. The second-order valence-corrected chi connectivity index (χ2v) is 6.44. The topological polar surface area (TPSA) is 59.2 Å². The maximum atomic E-state index is 12.8. The molecular weight excluding hydrogens is 270 g/mol. The van der Waals surface area contributed by atoms with Crippen LogP contribution in [0.4, 0.5) is 5.69 Å². The van der Waals surface area contributed by atoms with Crippen LogP contribution in [0.25, 0.3) is 10.2 Å². The highest BCUT2D eigenvalue weighted by Gasteiger charge is 2.26. The van der Waals surface area contributed by atoms with E-state index in [9.17, 15) is 4.79 Å². The quantitative estimate of drug-likeness (QED) is 0.876. The van der Waals surface area contributed by atoms with E-state index in [4.69, 9.17) is 5.73 Å². The highest BCUT2D eigenvalue weighted by Crippen LogP contribution is 2.33. The van der Waals surface area contributed by atoms with Crippen LogP contribution in [0, 0.1) is 0 Å². The van der Waals surface area contributed by atoms with E-state index in [0.717, 1.165) is 29.6 Å². The maximum Gasteiger partial charge on any atom is 0.266 e. The van der Waals surface area contributed by atoms with Gasteiger partial charge in [0.25, 0.3) is 5.91 Å².